The number of aliphatic imine (C=N–C) groups is 1. The summed E-state index contributed by atoms with van der Waals surface area (Å²) >= 11 is 0. The summed E-state index contributed by atoms with van der Waals surface area (Å²) in [5, 5.41) is 6.73. The molecular formula is C20H29F2IN6O. The lowest BCUT2D eigenvalue weighted by molar-refractivity contribution is -0.0495. The lowest BCUT2D eigenvalue weighted by Crippen LogP contribution is -2.44. The molecule has 1 aliphatic rings. The second kappa shape index (κ2) is 12.6. The molecule has 166 valence electrons. The third kappa shape index (κ3) is 7.29. The minimum absolute atomic E-state index is 0. The van der Waals surface area contributed by atoms with Crippen LogP contribution in [0.3, 0.4) is 0 Å². The Bertz CT molecular complexity index is 774. The zero-order valence-corrected chi connectivity index (χ0v) is 19.3. The first kappa shape index (κ1) is 24.2. The molecule has 1 saturated heterocycles. The maximum absolute atomic E-state index is 12.7. The number of rotatable bonds is 9. The average molecular weight is 534 g/mol. The van der Waals surface area contributed by atoms with Crippen molar-refractivity contribution in [1.82, 2.24) is 20.2 Å². The number of aryl methyl sites for hydroxylation is 1. The van der Waals surface area contributed by atoms with Gasteiger partial charge in [0.2, 0.25) is 0 Å². The first-order valence-electron chi connectivity index (χ1n) is 9.95. The van der Waals surface area contributed by atoms with Gasteiger partial charge in [-0.25, -0.2) is 4.98 Å². The summed E-state index contributed by atoms with van der Waals surface area (Å²) in [6.07, 6.45) is 7.32. The van der Waals surface area contributed by atoms with E-state index in [-0.39, 0.29) is 35.8 Å². The molecule has 1 aromatic heterocycles. The van der Waals surface area contributed by atoms with Gasteiger partial charge in [0, 0.05) is 51.2 Å². The third-order valence-corrected chi connectivity index (χ3v) is 4.70. The largest absolute Gasteiger partial charge is 0.433 e. The van der Waals surface area contributed by atoms with Crippen molar-refractivity contribution in [3.05, 3.63) is 43.0 Å². The molecule has 7 nitrogen and oxygen atoms in total. The topological polar surface area (TPSA) is 66.7 Å². The molecule has 0 aliphatic carbocycles. The molecule has 10 heteroatoms. The number of anilines is 1. The van der Waals surface area contributed by atoms with Gasteiger partial charge in [-0.2, -0.15) is 8.78 Å². The zero-order chi connectivity index (χ0) is 20.5. The second-order valence-electron chi connectivity index (χ2n) is 6.84. The summed E-state index contributed by atoms with van der Waals surface area (Å²) in [6, 6.07) is 7.11. The first-order chi connectivity index (χ1) is 14.2. The van der Waals surface area contributed by atoms with E-state index in [2.05, 4.69) is 30.2 Å². The Morgan fingerprint density at radius 3 is 2.93 bits per heavy atom. The number of guanidine groups is 1. The van der Waals surface area contributed by atoms with Crippen molar-refractivity contribution in [2.75, 3.05) is 31.1 Å². The van der Waals surface area contributed by atoms with E-state index in [1.807, 2.05) is 29.8 Å². The van der Waals surface area contributed by atoms with Gasteiger partial charge in [-0.05, 0) is 31.9 Å². The molecule has 1 unspecified atom stereocenters. The van der Waals surface area contributed by atoms with Gasteiger partial charge in [0.25, 0.3) is 0 Å². The van der Waals surface area contributed by atoms with Gasteiger partial charge < -0.3 is 24.8 Å². The minimum Gasteiger partial charge on any atom is -0.433 e. The maximum atomic E-state index is 12.7. The lowest BCUT2D eigenvalue weighted by atomic mass is 10.2. The van der Waals surface area contributed by atoms with Crippen molar-refractivity contribution in [1.29, 1.82) is 0 Å². The maximum Gasteiger partial charge on any atom is 0.387 e. The minimum atomic E-state index is -2.83. The van der Waals surface area contributed by atoms with Crippen LogP contribution < -0.4 is 20.3 Å². The molecule has 30 heavy (non-hydrogen) atoms. The Labute approximate surface area is 192 Å². The number of aromatic nitrogens is 2. The van der Waals surface area contributed by atoms with E-state index in [4.69, 9.17) is 0 Å². The number of benzene rings is 1. The fraction of sp³-hybridized carbons (Fsp3) is 0.500. The van der Waals surface area contributed by atoms with E-state index < -0.39 is 6.61 Å². The number of nitrogens with zero attached hydrogens (tertiary/aromatic N) is 4. The van der Waals surface area contributed by atoms with Crippen molar-refractivity contribution in [3.63, 3.8) is 0 Å². The van der Waals surface area contributed by atoms with Crippen LogP contribution in [-0.2, 0) is 6.54 Å². The van der Waals surface area contributed by atoms with Crippen molar-refractivity contribution in [2.24, 2.45) is 4.99 Å². The van der Waals surface area contributed by atoms with Crippen LogP contribution in [0.5, 0.6) is 5.75 Å². The Kier molecular flexibility index (Phi) is 10.1. The van der Waals surface area contributed by atoms with E-state index in [0.29, 0.717) is 18.8 Å². The number of alkyl halides is 2. The normalized spacial score (nSPS) is 16.5. The van der Waals surface area contributed by atoms with Gasteiger partial charge in [0.05, 0.1) is 12.0 Å². The fourth-order valence-corrected chi connectivity index (χ4v) is 3.39. The summed E-state index contributed by atoms with van der Waals surface area (Å²) in [6.45, 7) is 3.01. The van der Waals surface area contributed by atoms with Crippen LogP contribution in [0.1, 0.15) is 19.8 Å². The summed E-state index contributed by atoms with van der Waals surface area (Å²) in [7, 11) is 0. The number of hydrogen-bond acceptors (Lipinski definition) is 4. The number of nitrogens with one attached hydrogen (secondary N) is 2. The SMILES string of the molecule is CCNC(=NCCCn1ccnc1)NC1CCN(c2ccccc2OC(F)F)C1.I. The Morgan fingerprint density at radius 1 is 1.37 bits per heavy atom. The predicted octanol–water partition coefficient (Wildman–Crippen LogP) is 3.33. The van der Waals surface area contributed by atoms with Crippen molar-refractivity contribution in [2.45, 2.75) is 39.0 Å². The van der Waals surface area contributed by atoms with E-state index in [9.17, 15) is 8.78 Å². The molecule has 2 heterocycles. The number of ether oxygens (including phenoxy) is 1. The first-order valence-corrected chi connectivity index (χ1v) is 9.95. The average Bonchev–Trinajstić information content (AvgIpc) is 3.37. The molecular weight excluding hydrogens is 505 g/mol. The summed E-state index contributed by atoms with van der Waals surface area (Å²) in [5.41, 5.74) is 0.694. The highest BCUT2D eigenvalue weighted by molar-refractivity contribution is 14.0. The van der Waals surface area contributed by atoms with E-state index in [1.165, 1.54) is 0 Å². The molecule has 1 fully saturated rings. The van der Waals surface area contributed by atoms with Gasteiger partial charge in [0.15, 0.2) is 5.96 Å². The van der Waals surface area contributed by atoms with Gasteiger partial charge >= 0.3 is 6.61 Å². The lowest BCUT2D eigenvalue weighted by Gasteiger charge is -2.22. The second-order valence-corrected chi connectivity index (χ2v) is 6.84. The number of imidazole rings is 1. The number of hydrogen-bond donors (Lipinski definition) is 2. The number of para-hydroxylation sites is 2. The van der Waals surface area contributed by atoms with E-state index in [1.54, 1.807) is 24.7 Å². The smallest absolute Gasteiger partial charge is 0.387 e. The summed E-state index contributed by atoms with van der Waals surface area (Å²) in [4.78, 5) is 10.8. The monoisotopic (exact) mass is 534 g/mol. The highest BCUT2D eigenvalue weighted by atomic mass is 127. The molecule has 0 amide bonds. The molecule has 0 radical (unpaired) electrons. The van der Waals surface area contributed by atoms with Crippen LogP contribution in [0.2, 0.25) is 0 Å². The molecule has 2 N–H and O–H groups in total. The van der Waals surface area contributed by atoms with Crippen LogP contribution in [0.4, 0.5) is 14.5 Å². The molecule has 1 aliphatic heterocycles. The van der Waals surface area contributed by atoms with E-state index >= 15 is 0 Å². The van der Waals surface area contributed by atoms with Gasteiger partial charge in [-0.1, -0.05) is 12.1 Å². The predicted molar refractivity (Wildman–Crippen MR) is 125 cm³/mol. The van der Waals surface area contributed by atoms with Gasteiger partial charge in [-0.15, -0.1) is 24.0 Å². The Balaban J connectivity index is 0.00000320. The van der Waals surface area contributed by atoms with Crippen LogP contribution in [0.25, 0.3) is 0 Å². The van der Waals surface area contributed by atoms with Crippen LogP contribution in [0.15, 0.2) is 48.0 Å². The molecule has 0 bridgehead atoms. The Morgan fingerprint density at radius 2 is 2.20 bits per heavy atom. The molecule has 3 rings (SSSR count). The summed E-state index contributed by atoms with van der Waals surface area (Å²) < 4.78 is 32.1. The van der Waals surface area contributed by atoms with Gasteiger partial charge in [-0.3, -0.25) is 4.99 Å². The van der Waals surface area contributed by atoms with Crippen molar-refractivity contribution in [3.8, 4) is 5.75 Å². The van der Waals surface area contributed by atoms with Crippen LogP contribution in [0, 0.1) is 0 Å². The molecule has 0 saturated carbocycles. The third-order valence-electron chi connectivity index (χ3n) is 4.70. The van der Waals surface area contributed by atoms with Crippen molar-refractivity contribution >= 4 is 35.6 Å². The van der Waals surface area contributed by atoms with E-state index in [0.717, 1.165) is 38.4 Å². The van der Waals surface area contributed by atoms with Crippen LogP contribution >= 0.6 is 24.0 Å². The standard InChI is InChI=1S/C20H28F2N6O.HI/c1-2-24-20(25-9-5-11-27-13-10-23-15-27)26-16-8-12-28(14-16)17-6-3-4-7-18(17)29-19(21)22;/h3-4,6-7,10,13,15-16,19H,2,5,8-9,11-12,14H2,1H3,(H2,24,25,26);1H. The molecule has 2 aromatic rings. The molecule has 1 atom stereocenters. The van der Waals surface area contributed by atoms with Crippen LogP contribution in [-0.4, -0.2) is 54.3 Å². The quantitative estimate of drug-likeness (QED) is 0.224. The van der Waals surface area contributed by atoms with Gasteiger partial charge in [0.1, 0.15) is 5.75 Å². The van der Waals surface area contributed by atoms with Crippen molar-refractivity contribution < 1.29 is 13.5 Å². The molecule has 0 spiro atoms. The fourth-order valence-electron chi connectivity index (χ4n) is 3.39. The number of halogens is 3. The highest BCUT2D eigenvalue weighted by Gasteiger charge is 2.26. The summed E-state index contributed by atoms with van der Waals surface area (Å²) in [5.74, 6) is 0.991. The molecule has 1 aromatic carbocycles. The highest BCUT2D eigenvalue weighted by Crippen LogP contribution is 2.31. The zero-order valence-electron chi connectivity index (χ0n) is 17.0. The Hall–Kier alpha value is -2.11.